The van der Waals surface area contributed by atoms with Crippen molar-refractivity contribution < 1.29 is 37.1 Å². The number of carbonyl (C=O) groups is 2. The average molecular weight is 673 g/mol. The summed E-state index contributed by atoms with van der Waals surface area (Å²) in [5.74, 6) is -1.99. The molecule has 0 fully saturated rings. The molecule has 0 bridgehead atoms. The molecule has 0 spiro atoms. The molecule has 31 heavy (non-hydrogen) atoms. The van der Waals surface area contributed by atoms with E-state index < -0.39 is 22.1 Å². The highest BCUT2D eigenvalue weighted by Gasteiger charge is 2.20. The van der Waals surface area contributed by atoms with Gasteiger partial charge in [-0.2, -0.15) is 0 Å². The second-order valence-electron chi connectivity index (χ2n) is 6.87. The van der Waals surface area contributed by atoms with Crippen molar-refractivity contribution in [2.75, 3.05) is 13.2 Å². The number of hydrogen-bond donors (Lipinski definition) is 1. The largest absolute Gasteiger partial charge is 0.744 e. The van der Waals surface area contributed by atoms with Gasteiger partial charge in [-0.25, -0.2) is 18.0 Å². The molecule has 0 atom stereocenters. The highest BCUT2D eigenvalue weighted by Crippen LogP contribution is 2.28. The highest BCUT2D eigenvalue weighted by molar-refractivity contribution is 14.1. The van der Waals surface area contributed by atoms with Gasteiger partial charge in [-0.15, -0.1) is 0 Å². The number of phenolic OH excluding ortho intramolecular Hbond substituents is 1. The second-order valence-corrected chi connectivity index (χ2v) is 10.6. The zero-order valence-electron chi connectivity index (χ0n) is 16.8. The fourth-order valence-electron chi connectivity index (χ4n) is 2.73. The van der Waals surface area contributed by atoms with Crippen LogP contribution in [0.1, 0.15) is 51.6 Å². The lowest BCUT2D eigenvalue weighted by Gasteiger charge is -2.18. The van der Waals surface area contributed by atoms with Crippen LogP contribution < -0.4 is 0 Å². The molecule has 11 heteroatoms. The van der Waals surface area contributed by atoms with Crippen LogP contribution in [0.4, 0.5) is 0 Å². The van der Waals surface area contributed by atoms with Gasteiger partial charge in [0.2, 0.25) is 0 Å². The normalized spacial score (nSPS) is 11.5. The summed E-state index contributed by atoms with van der Waals surface area (Å²) < 4.78 is 46.0. The minimum atomic E-state index is -4.69. The third-order valence-electron chi connectivity index (χ3n) is 4.27. The Morgan fingerprint density at radius 1 is 1.03 bits per heavy atom. The van der Waals surface area contributed by atoms with E-state index in [2.05, 4.69) is 0 Å². The van der Waals surface area contributed by atoms with E-state index in [0.29, 0.717) is 3.57 Å². The zero-order chi connectivity index (χ0) is 23.5. The van der Waals surface area contributed by atoms with Crippen molar-refractivity contribution in [1.82, 2.24) is 0 Å². The number of aromatic hydroxyl groups is 1. The number of rotatable bonds is 7. The molecule has 1 N–H and O–H groups in total. The first kappa shape index (κ1) is 25.8. The summed E-state index contributed by atoms with van der Waals surface area (Å²) >= 11 is 3.91. The fraction of sp³-hybridized carbons (Fsp3) is 0.300. The van der Waals surface area contributed by atoms with Gasteiger partial charge in [-0.3, -0.25) is 0 Å². The Kier molecular flexibility index (Phi) is 8.69. The second kappa shape index (κ2) is 10.4. The molecule has 0 aromatic heterocycles. The molecule has 8 nitrogen and oxygen atoms in total. The Bertz CT molecular complexity index is 1130. The molecule has 2 aromatic carbocycles. The molecule has 0 aliphatic heterocycles. The van der Waals surface area contributed by atoms with Crippen LogP contribution >= 0.6 is 45.2 Å². The first-order chi connectivity index (χ1) is 14.3. The third-order valence-corrected chi connectivity index (χ3v) is 6.60. The Balaban J connectivity index is 2.07. The van der Waals surface area contributed by atoms with E-state index in [-0.39, 0.29) is 52.0 Å². The number of esters is 2. The van der Waals surface area contributed by atoms with Crippen LogP contribution in [0.5, 0.6) is 5.75 Å². The van der Waals surface area contributed by atoms with Gasteiger partial charge in [0.25, 0.3) is 0 Å². The van der Waals surface area contributed by atoms with Gasteiger partial charge in [-0.1, -0.05) is 13.8 Å². The number of ether oxygens (including phenoxy) is 2. The molecular weight excluding hydrogens is 654 g/mol. The van der Waals surface area contributed by atoms with Gasteiger partial charge in [0.15, 0.2) is 0 Å². The molecule has 0 saturated heterocycles. The van der Waals surface area contributed by atoms with Crippen LogP contribution in [-0.2, 0) is 19.6 Å². The van der Waals surface area contributed by atoms with E-state index in [1.165, 1.54) is 19.1 Å². The quantitative estimate of drug-likeness (QED) is 0.203. The lowest BCUT2D eigenvalue weighted by Crippen LogP contribution is -2.16. The first-order valence-corrected chi connectivity index (χ1v) is 12.5. The van der Waals surface area contributed by atoms with E-state index in [9.17, 15) is 27.7 Å². The molecule has 2 aromatic rings. The Hall–Kier alpha value is -1.45. The van der Waals surface area contributed by atoms with Gasteiger partial charge < -0.3 is 19.1 Å². The van der Waals surface area contributed by atoms with E-state index in [4.69, 9.17) is 9.47 Å². The van der Waals surface area contributed by atoms with Crippen molar-refractivity contribution in [3.8, 4) is 5.75 Å². The van der Waals surface area contributed by atoms with Crippen molar-refractivity contribution in [2.24, 2.45) is 0 Å². The molecule has 2 rings (SSSR count). The standard InChI is InChI=1S/C20H20I2O8S/c1-10(2)13-9-14(11(3)6-17(13)31(26,27)28)19(24)29-4-5-30-20(25)15-7-12(21)8-16(22)18(15)23/h6-10,23H,4-5H2,1-3H3,(H,26,27,28)/p-1. The Morgan fingerprint density at radius 2 is 1.58 bits per heavy atom. The van der Waals surface area contributed by atoms with Gasteiger partial charge in [-0.05, 0) is 93.4 Å². The summed E-state index contributed by atoms with van der Waals surface area (Å²) in [7, 11) is -4.69. The third kappa shape index (κ3) is 6.52. The summed E-state index contributed by atoms with van der Waals surface area (Å²) in [6, 6.07) is 5.68. The van der Waals surface area contributed by atoms with Crippen molar-refractivity contribution >= 4 is 67.2 Å². The van der Waals surface area contributed by atoms with Gasteiger partial charge >= 0.3 is 11.9 Å². The van der Waals surface area contributed by atoms with E-state index in [0.717, 1.165) is 9.64 Å². The fourth-order valence-corrected chi connectivity index (χ4v) is 5.48. The smallest absolute Gasteiger partial charge is 0.342 e. The molecule has 0 aliphatic carbocycles. The predicted molar refractivity (Wildman–Crippen MR) is 127 cm³/mol. The molecule has 0 aliphatic rings. The van der Waals surface area contributed by atoms with Crippen LogP contribution in [-0.4, -0.2) is 43.2 Å². The summed E-state index contributed by atoms with van der Waals surface area (Å²) in [5.41, 5.74) is 0.628. The molecule has 0 heterocycles. The molecule has 0 radical (unpaired) electrons. The molecule has 0 unspecified atom stereocenters. The van der Waals surface area contributed by atoms with Gasteiger partial charge in [0.1, 0.15) is 34.6 Å². The monoisotopic (exact) mass is 673 g/mol. The summed E-state index contributed by atoms with van der Waals surface area (Å²) in [4.78, 5) is 24.2. The Morgan fingerprint density at radius 3 is 2.10 bits per heavy atom. The lowest BCUT2D eigenvalue weighted by atomic mass is 9.97. The Labute approximate surface area is 207 Å². The van der Waals surface area contributed by atoms with E-state index in [1.807, 2.05) is 45.2 Å². The zero-order valence-corrected chi connectivity index (χ0v) is 21.9. The van der Waals surface area contributed by atoms with Crippen molar-refractivity contribution in [3.63, 3.8) is 0 Å². The van der Waals surface area contributed by atoms with Crippen molar-refractivity contribution in [2.45, 2.75) is 31.6 Å². The molecule has 168 valence electrons. The highest BCUT2D eigenvalue weighted by atomic mass is 127. The minimum absolute atomic E-state index is 0.00876. The number of aryl methyl sites for hydroxylation is 1. The summed E-state index contributed by atoms with van der Waals surface area (Å²) in [5, 5.41) is 10.0. The van der Waals surface area contributed by atoms with Gasteiger partial charge in [0, 0.05) is 3.57 Å². The molecule has 0 amide bonds. The van der Waals surface area contributed by atoms with E-state index in [1.54, 1.807) is 19.9 Å². The summed E-state index contributed by atoms with van der Waals surface area (Å²) in [6.45, 7) is 4.42. The maximum atomic E-state index is 12.4. The minimum Gasteiger partial charge on any atom is -0.744 e. The van der Waals surface area contributed by atoms with Crippen LogP contribution in [0.25, 0.3) is 0 Å². The number of halogens is 2. The lowest BCUT2D eigenvalue weighted by molar-refractivity contribution is 0.0263. The van der Waals surface area contributed by atoms with Crippen LogP contribution in [0, 0.1) is 14.1 Å². The SMILES string of the molecule is Cc1cc(S(=O)(=O)[O-])c(C(C)C)cc1C(=O)OCCOC(=O)c1cc(I)cc(I)c1O. The number of phenols is 1. The topological polar surface area (TPSA) is 130 Å². The number of hydrogen-bond acceptors (Lipinski definition) is 8. The predicted octanol–water partition coefficient (Wildman–Crippen LogP) is 3.95. The van der Waals surface area contributed by atoms with Crippen LogP contribution in [0.15, 0.2) is 29.2 Å². The summed E-state index contributed by atoms with van der Waals surface area (Å²) in [6.07, 6.45) is 0. The first-order valence-electron chi connectivity index (χ1n) is 8.95. The maximum Gasteiger partial charge on any atom is 0.342 e. The number of carbonyl (C=O) groups excluding carboxylic acids is 2. The van der Waals surface area contributed by atoms with Crippen molar-refractivity contribution in [1.29, 1.82) is 0 Å². The molecule has 0 saturated carbocycles. The van der Waals surface area contributed by atoms with Gasteiger partial charge in [0.05, 0.1) is 14.0 Å². The molecular formula is C20H19I2O8S-. The van der Waals surface area contributed by atoms with Crippen LogP contribution in [0.2, 0.25) is 0 Å². The number of benzene rings is 2. The average Bonchev–Trinajstić information content (AvgIpc) is 2.66. The maximum absolute atomic E-state index is 12.4. The van der Waals surface area contributed by atoms with Crippen molar-refractivity contribution in [3.05, 3.63) is 53.7 Å². The van der Waals surface area contributed by atoms with Crippen LogP contribution in [0.3, 0.4) is 0 Å². The van der Waals surface area contributed by atoms with E-state index >= 15 is 0 Å².